The molecule has 218 valence electrons. The van der Waals surface area contributed by atoms with Crippen LogP contribution in [0.2, 0.25) is 0 Å². The summed E-state index contributed by atoms with van der Waals surface area (Å²) in [5.74, 6) is -2.16. The number of hydrogen-bond acceptors (Lipinski definition) is 8. The minimum Gasteiger partial charge on any atom is -0.270 e. The first-order chi connectivity index (χ1) is 21.2. The van der Waals surface area contributed by atoms with Crippen molar-refractivity contribution in [1.29, 1.82) is 5.26 Å². The standard InChI is InChI=1S/C32H23N5O6S/c33-18-28-29(21-8-3-1-4-9-21)27(31(38)36(32(28)39)26-14-15-44(42,43)20-26)17-23-19-35(24-11-5-2-6-12-24)34-30(23)22-10-7-13-25(16-22)37(40)41/h1-13,16-17,19,26H,14-15,20H2/b27-17-. The lowest BCUT2D eigenvalue weighted by Gasteiger charge is -2.32. The Morgan fingerprint density at radius 2 is 1.64 bits per heavy atom. The van der Waals surface area contributed by atoms with Gasteiger partial charge in [-0.25, -0.2) is 13.1 Å². The molecule has 1 atom stereocenters. The van der Waals surface area contributed by atoms with E-state index in [2.05, 4.69) is 0 Å². The summed E-state index contributed by atoms with van der Waals surface area (Å²) < 4.78 is 26.2. The van der Waals surface area contributed by atoms with Crippen LogP contribution >= 0.6 is 0 Å². The van der Waals surface area contributed by atoms with Crippen molar-refractivity contribution in [3.8, 4) is 23.0 Å². The Kier molecular flexibility index (Phi) is 7.24. The molecule has 0 bridgehead atoms. The van der Waals surface area contributed by atoms with E-state index in [4.69, 9.17) is 5.10 Å². The summed E-state index contributed by atoms with van der Waals surface area (Å²) in [6.45, 7) is 0. The predicted molar refractivity (Wildman–Crippen MR) is 162 cm³/mol. The fraction of sp³-hybridized carbons (Fsp3) is 0.125. The molecule has 1 unspecified atom stereocenters. The molecular weight excluding hydrogens is 582 g/mol. The van der Waals surface area contributed by atoms with E-state index in [0.717, 1.165) is 4.90 Å². The molecule has 0 saturated carbocycles. The molecular formula is C32H23N5O6S. The summed E-state index contributed by atoms with van der Waals surface area (Å²) in [6, 6.07) is 24.6. The summed E-state index contributed by atoms with van der Waals surface area (Å²) >= 11 is 0. The zero-order valence-corrected chi connectivity index (χ0v) is 23.8. The molecule has 1 fully saturated rings. The van der Waals surface area contributed by atoms with Gasteiger partial charge in [-0.2, -0.15) is 10.4 Å². The number of hydrogen-bond donors (Lipinski definition) is 0. The first-order valence-corrected chi connectivity index (χ1v) is 15.4. The van der Waals surface area contributed by atoms with Gasteiger partial charge in [0.25, 0.3) is 17.5 Å². The van der Waals surface area contributed by atoms with Crippen LogP contribution in [0, 0.1) is 21.4 Å². The summed E-state index contributed by atoms with van der Waals surface area (Å²) in [5.41, 5.74) is 1.90. The van der Waals surface area contributed by atoms with Gasteiger partial charge in [0.15, 0.2) is 9.84 Å². The van der Waals surface area contributed by atoms with Crippen molar-refractivity contribution in [2.45, 2.75) is 12.5 Å². The van der Waals surface area contributed by atoms with Crippen LogP contribution in [0.15, 0.2) is 102 Å². The molecule has 0 N–H and O–H groups in total. The number of rotatable bonds is 6. The lowest BCUT2D eigenvalue weighted by molar-refractivity contribution is -0.384. The smallest absolute Gasteiger partial charge is 0.270 e. The largest absolute Gasteiger partial charge is 0.272 e. The second-order valence-electron chi connectivity index (χ2n) is 10.3. The lowest BCUT2D eigenvalue weighted by Crippen LogP contribution is -2.49. The Balaban J connectivity index is 1.61. The molecule has 12 heteroatoms. The monoisotopic (exact) mass is 605 g/mol. The van der Waals surface area contributed by atoms with Crippen LogP contribution in [-0.2, 0) is 19.4 Å². The van der Waals surface area contributed by atoms with E-state index in [-0.39, 0.29) is 40.3 Å². The Bertz CT molecular complexity index is 2040. The highest BCUT2D eigenvalue weighted by molar-refractivity contribution is 7.91. The molecule has 11 nitrogen and oxygen atoms in total. The Morgan fingerprint density at radius 3 is 2.27 bits per heavy atom. The quantitative estimate of drug-likeness (QED) is 0.136. The number of nitro groups is 1. The summed E-state index contributed by atoms with van der Waals surface area (Å²) in [6.07, 6.45) is 3.22. The van der Waals surface area contributed by atoms with E-state index in [1.807, 2.05) is 36.4 Å². The highest BCUT2D eigenvalue weighted by atomic mass is 32.2. The molecule has 6 rings (SSSR count). The Hall–Kier alpha value is -5.67. The number of nitro benzene ring substituents is 1. The van der Waals surface area contributed by atoms with Gasteiger partial charge in [0.05, 0.1) is 33.7 Å². The van der Waals surface area contributed by atoms with Gasteiger partial charge in [-0.15, -0.1) is 0 Å². The third kappa shape index (κ3) is 5.21. The Labute approximate surface area is 252 Å². The average Bonchev–Trinajstić information content (AvgIpc) is 3.62. The van der Waals surface area contributed by atoms with Crippen molar-refractivity contribution in [2.24, 2.45) is 0 Å². The van der Waals surface area contributed by atoms with Crippen LogP contribution in [0.3, 0.4) is 0 Å². The van der Waals surface area contributed by atoms with Gasteiger partial charge in [-0.05, 0) is 30.2 Å². The fourth-order valence-electron chi connectivity index (χ4n) is 5.50. The fourth-order valence-corrected chi connectivity index (χ4v) is 7.20. The third-order valence-electron chi connectivity index (χ3n) is 7.54. The number of benzene rings is 3. The molecule has 0 radical (unpaired) electrons. The van der Waals surface area contributed by atoms with Gasteiger partial charge in [0, 0.05) is 35.0 Å². The van der Waals surface area contributed by atoms with Gasteiger partial charge in [-0.3, -0.25) is 24.6 Å². The molecule has 3 heterocycles. The number of carbonyl (C=O) groups excluding carboxylic acids is 2. The molecule has 1 saturated heterocycles. The van der Waals surface area contributed by atoms with Crippen LogP contribution in [-0.4, -0.2) is 57.4 Å². The Morgan fingerprint density at radius 1 is 0.955 bits per heavy atom. The number of imide groups is 1. The van der Waals surface area contributed by atoms with Crippen molar-refractivity contribution in [3.63, 3.8) is 0 Å². The van der Waals surface area contributed by atoms with Crippen molar-refractivity contribution >= 4 is 39.0 Å². The maximum Gasteiger partial charge on any atom is 0.272 e. The lowest BCUT2D eigenvalue weighted by atomic mass is 9.86. The van der Waals surface area contributed by atoms with Gasteiger partial charge in [-0.1, -0.05) is 60.7 Å². The van der Waals surface area contributed by atoms with Crippen LogP contribution in [0.1, 0.15) is 17.5 Å². The number of sulfone groups is 1. The van der Waals surface area contributed by atoms with E-state index in [1.165, 1.54) is 24.3 Å². The summed E-state index contributed by atoms with van der Waals surface area (Å²) in [7, 11) is -3.47. The topological polar surface area (TPSA) is 156 Å². The van der Waals surface area contributed by atoms with Crippen molar-refractivity contribution in [3.05, 3.63) is 124 Å². The normalized spacial score (nSPS) is 18.9. The number of amides is 2. The van der Waals surface area contributed by atoms with Gasteiger partial charge < -0.3 is 0 Å². The van der Waals surface area contributed by atoms with Crippen LogP contribution in [0.25, 0.3) is 28.6 Å². The number of carbonyl (C=O) groups is 2. The molecule has 0 aliphatic carbocycles. The maximum atomic E-state index is 14.2. The molecule has 2 amide bonds. The first kappa shape index (κ1) is 28.4. The average molecular weight is 606 g/mol. The molecule has 44 heavy (non-hydrogen) atoms. The van der Waals surface area contributed by atoms with E-state index >= 15 is 0 Å². The van der Waals surface area contributed by atoms with Crippen LogP contribution < -0.4 is 0 Å². The van der Waals surface area contributed by atoms with Gasteiger partial charge >= 0.3 is 0 Å². The number of para-hydroxylation sites is 1. The number of nitriles is 1. The zero-order valence-electron chi connectivity index (χ0n) is 23.0. The predicted octanol–water partition coefficient (Wildman–Crippen LogP) is 4.36. The molecule has 4 aromatic rings. The van der Waals surface area contributed by atoms with Crippen molar-refractivity contribution in [2.75, 3.05) is 11.5 Å². The molecule has 1 aromatic heterocycles. The number of non-ortho nitro benzene ring substituents is 1. The third-order valence-corrected chi connectivity index (χ3v) is 9.29. The zero-order chi connectivity index (χ0) is 31.0. The van der Waals surface area contributed by atoms with Crippen molar-refractivity contribution < 1.29 is 22.9 Å². The minimum atomic E-state index is -3.47. The molecule has 3 aromatic carbocycles. The second-order valence-corrected chi connectivity index (χ2v) is 12.6. The second kappa shape index (κ2) is 11.2. The van der Waals surface area contributed by atoms with Gasteiger partial charge in [0.1, 0.15) is 17.3 Å². The maximum absolute atomic E-state index is 14.2. The van der Waals surface area contributed by atoms with E-state index in [0.29, 0.717) is 28.1 Å². The number of aromatic nitrogens is 2. The van der Waals surface area contributed by atoms with E-state index in [9.17, 15) is 33.4 Å². The molecule has 2 aliphatic heterocycles. The van der Waals surface area contributed by atoms with E-state index < -0.39 is 32.6 Å². The highest BCUT2D eigenvalue weighted by Crippen LogP contribution is 2.38. The minimum absolute atomic E-state index is 0.00376. The van der Waals surface area contributed by atoms with E-state index in [1.54, 1.807) is 47.3 Å². The first-order valence-electron chi connectivity index (χ1n) is 13.6. The van der Waals surface area contributed by atoms with Crippen LogP contribution in [0.5, 0.6) is 0 Å². The summed E-state index contributed by atoms with van der Waals surface area (Å²) in [5, 5.41) is 26.5. The van der Waals surface area contributed by atoms with Gasteiger partial charge in [0.2, 0.25) is 0 Å². The molecule has 0 spiro atoms. The summed E-state index contributed by atoms with van der Waals surface area (Å²) in [4.78, 5) is 39.8. The van der Waals surface area contributed by atoms with Crippen LogP contribution in [0.4, 0.5) is 5.69 Å². The highest BCUT2D eigenvalue weighted by Gasteiger charge is 2.45. The SMILES string of the molecule is N#CC1=C(c2ccccc2)/C(=C/c2cn(-c3ccccc3)nc2-c2cccc([N+](=O)[O-])c2)C(=O)N(C2CCS(=O)(=O)C2)C1=O. The van der Waals surface area contributed by atoms with Crippen molar-refractivity contribution in [1.82, 2.24) is 14.7 Å². The molecule has 2 aliphatic rings. The number of nitrogens with zero attached hydrogens (tertiary/aromatic N) is 5.